The molecule has 1 heterocycles. The van der Waals surface area contributed by atoms with Crippen molar-refractivity contribution in [1.82, 2.24) is 15.1 Å². The molecule has 0 spiro atoms. The van der Waals surface area contributed by atoms with E-state index >= 15 is 0 Å². The van der Waals surface area contributed by atoms with E-state index in [-0.39, 0.29) is 5.91 Å². The van der Waals surface area contributed by atoms with Gasteiger partial charge >= 0.3 is 5.97 Å². The summed E-state index contributed by atoms with van der Waals surface area (Å²) >= 11 is 0. The van der Waals surface area contributed by atoms with Gasteiger partial charge < -0.3 is 10.4 Å². The minimum Gasteiger partial charge on any atom is -0.480 e. The summed E-state index contributed by atoms with van der Waals surface area (Å²) in [6, 6.07) is 7.78. The number of benzene rings is 1. The topological polar surface area (TPSA) is 84.2 Å². The fourth-order valence-corrected chi connectivity index (χ4v) is 1.97. The highest BCUT2D eigenvalue weighted by Gasteiger charge is 2.19. The van der Waals surface area contributed by atoms with Crippen LogP contribution in [0.25, 0.3) is 5.69 Å². The minimum absolute atomic E-state index is 0.386. The number of amides is 1. The number of nitrogens with zero attached hydrogens (tertiary/aromatic N) is 2. The molecule has 0 fully saturated rings. The van der Waals surface area contributed by atoms with Crippen LogP contribution < -0.4 is 5.32 Å². The molecule has 110 valence electrons. The standard InChI is InChI=1S/C15H17N3O3/c1-2-4-13(15(20)21)17-14(19)11-5-7-12(8-6-11)18-10-3-9-16-18/h3,5-10,13H,2,4H2,1H3,(H,17,19)(H,20,21)/t13-/m1/s1. The van der Waals surface area contributed by atoms with Gasteiger partial charge in [0, 0.05) is 18.0 Å². The van der Waals surface area contributed by atoms with Gasteiger partial charge in [0.2, 0.25) is 0 Å². The monoisotopic (exact) mass is 287 g/mol. The van der Waals surface area contributed by atoms with Crippen LogP contribution in [0.3, 0.4) is 0 Å². The Morgan fingerprint density at radius 3 is 2.57 bits per heavy atom. The quantitative estimate of drug-likeness (QED) is 0.849. The third-order valence-electron chi connectivity index (χ3n) is 3.08. The van der Waals surface area contributed by atoms with Crippen LogP contribution >= 0.6 is 0 Å². The van der Waals surface area contributed by atoms with Crippen LogP contribution in [0.1, 0.15) is 30.1 Å². The molecule has 0 unspecified atom stereocenters. The minimum atomic E-state index is -1.02. The summed E-state index contributed by atoms with van der Waals surface area (Å²) in [5.74, 6) is -1.40. The van der Waals surface area contributed by atoms with E-state index in [0.717, 1.165) is 5.69 Å². The maximum atomic E-state index is 12.0. The van der Waals surface area contributed by atoms with Crippen molar-refractivity contribution in [3.05, 3.63) is 48.3 Å². The Morgan fingerprint density at radius 1 is 1.33 bits per heavy atom. The molecule has 2 aromatic rings. The van der Waals surface area contributed by atoms with Crippen LogP contribution in [0.5, 0.6) is 0 Å². The van der Waals surface area contributed by atoms with E-state index in [1.54, 1.807) is 41.3 Å². The van der Waals surface area contributed by atoms with Crippen molar-refractivity contribution in [2.75, 3.05) is 0 Å². The van der Waals surface area contributed by atoms with E-state index in [1.807, 2.05) is 13.0 Å². The number of carbonyl (C=O) groups is 2. The normalized spacial score (nSPS) is 11.9. The second kappa shape index (κ2) is 6.69. The van der Waals surface area contributed by atoms with Gasteiger partial charge in [-0.2, -0.15) is 5.10 Å². The molecule has 0 aliphatic rings. The van der Waals surface area contributed by atoms with E-state index in [2.05, 4.69) is 10.4 Å². The van der Waals surface area contributed by atoms with Crippen LogP contribution in [0.15, 0.2) is 42.7 Å². The molecule has 2 N–H and O–H groups in total. The first-order valence-corrected chi connectivity index (χ1v) is 6.75. The third kappa shape index (κ3) is 3.68. The van der Waals surface area contributed by atoms with E-state index < -0.39 is 12.0 Å². The first-order valence-electron chi connectivity index (χ1n) is 6.75. The van der Waals surface area contributed by atoms with Crippen LogP contribution in [0.4, 0.5) is 0 Å². The van der Waals surface area contributed by atoms with E-state index in [1.165, 1.54) is 0 Å². The molecule has 1 atom stereocenters. The van der Waals surface area contributed by atoms with E-state index in [4.69, 9.17) is 5.11 Å². The second-order valence-electron chi connectivity index (χ2n) is 4.65. The summed E-state index contributed by atoms with van der Waals surface area (Å²) < 4.78 is 1.68. The molecular formula is C15H17N3O3. The van der Waals surface area contributed by atoms with Crippen molar-refractivity contribution in [1.29, 1.82) is 0 Å². The highest BCUT2D eigenvalue weighted by Crippen LogP contribution is 2.09. The average molecular weight is 287 g/mol. The summed E-state index contributed by atoms with van der Waals surface area (Å²) in [5, 5.41) is 15.7. The fourth-order valence-electron chi connectivity index (χ4n) is 1.97. The number of hydrogen-bond donors (Lipinski definition) is 2. The van der Waals surface area contributed by atoms with Gasteiger partial charge in [-0.15, -0.1) is 0 Å². The lowest BCUT2D eigenvalue weighted by Gasteiger charge is -2.13. The molecule has 1 aromatic heterocycles. The summed E-state index contributed by atoms with van der Waals surface area (Å²) in [6.07, 6.45) is 4.57. The number of aromatic nitrogens is 2. The van der Waals surface area contributed by atoms with Crippen molar-refractivity contribution in [3.63, 3.8) is 0 Å². The summed E-state index contributed by atoms with van der Waals surface area (Å²) in [5.41, 5.74) is 1.26. The van der Waals surface area contributed by atoms with Crippen molar-refractivity contribution in [2.45, 2.75) is 25.8 Å². The van der Waals surface area contributed by atoms with Gasteiger partial charge in [0.25, 0.3) is 5.91 Å². The van der Waals surface area contributed by atoms with Crippen molar-refractivity contribution in [2.24, 2.45) is 0 Å². The Balaban J connectivity index is 2.07. The molecule has 0 bridgehead atoms. The first-order chi connectivity index (χ1) is 10.1. The van der Waals surface area contributed by atoms with Gasteiger partial charge in [-0.1, -0.05) is 13.3 Å². The molecule has 6 nitrogen and oxygen atoms in total. The lowest BCUT2D eigenvalue weighted by molar-refractivity contribution is -0.139. The van der Waals surface area contributed by atoms with Gasteiger partial charge in [-0.25, -0.2) is 9.48 Å². The third-order valence-corrected chi connectivity index (χ3v) is 3.08. The molecule has 0 saturated carbocycles. The summed E-state index contributed by atoms with van der Waals surface area (Å²) in [7, 11) is 0. The maximum Gasteiger partial charge on any atom is 0.326 e. The number of aliphatic carboxylic acids is 1. The second-order valence-corrected chi connectivity index (χ2v) is 4.65. The van der Waals surface area contributed by atoms with Gasteiger partial charge in [0.05, 0.1) is 5.69 Å². The van der Waals surface area contributed by atoms with Gasteiger partial charge in [0.15, 0.2) is 0 Å². The summed E-state index contributed by atoms with van der Waals surface area (Å²) in [4.78, 5) is 23.1. The Morgan fingerprint density at radius 2 is 2.05 bits per heavy atom. The zero-order valence-electron chi connectivity index (χ0n) is 11.7. The number of hydrogen-bond acceptors (Lipinski definition) is 3. The molecule has 6 heteroatoms. The van der Waals surface area contributed by atoms with Crippen LogP contribution in [0, 0.1) is 0 Å². The number of carboxylic acids is 1. The molecule has 1 amide bonds. The Hall–Kier alpha value is -2.63. The number of rotatable bonds is 6. The highest BCUT2D eigenvalue weighted by atomic mass is 16.4. The maximum absolute atomic E-state index is 12.0. The van der Waals surface area contributed by atoms with Gasteiger partial charge in [-0.3, -0.25) is 4.79 Å². The molecule has 0 saturated heterocycles. The number of nitrogens with one attached hydrogen (secondary N) is 1. The highest BCUT2D eigenvalue weighted by molar-refractivity contribution is 5.96. The number of carboxylic acid groups (broad SMARTS) is 1. The molecule has 0 aliphatic heterocycles. The summed E-state index contributed by atoms with van der Waals surface area (Å²) in [6.45, 7) is 1.88. The molecular weight excluding hydrogens is 270 g/mol. The molecule has 1 aromatic carbocycles. The fraction of sp³-hybridized carbons (Fsp3) is 0.267. The zero-order chi connectivity index (χ0) is 15.2. The Bertz CT molecular complexity index is 606. The van der Waals surface area contributed by atoms with Crippen molar-refractivity contribution >= 4 is 11.9 Å². The van der Waals surface area contributed by atoms with Crippen molar-refractivity contribution in [3.8, 4) is 5.69 Å². The predicted octanol–water partition coefficient (Wildman–Crippen LogP) is 1.86. The van der Waals surface area contributed by atoms with Crippen LogP contribution in [-0.4, -0.2) is 32.8 Å². The van der Waals surface area contributed by atoms with Gasteiger partial charge in [-0.05, 0) is 36.8 Å². The average Bonchev–Trinajstić information content (AvgIpc) is 3.01. The zero-order valence-corrected chi connectivity index (χ0v) is 11.7. The van der Waals surface area contributed by atoms with Crippen molar-refractivity contribution < 1.29 is 14.7 Å². The SMILES string of the molecule is CCC[C@@H](NC(=O)c1ccc(-n2cccn2)cc1)C(=O)O. The molecule has 21 heavy (non-hydrogen) atoms. The predicted molar refractivity (Wildman–Crippen MR) is 77.4 cm³/mol. The molecule has 2 rings (SSSR count). The smallest absolute Gasteiger partial charge is 0.326 e. The van der Waals surface area contributed by atoms with E-state index in [9.17, 15) is 9.59 Å². The Labute approximate surface area is 122 Å². The largest absolute Gasteiger partial charge is 0.480 e. The number of carbonyl (C=O) groups excluding carboxylic acids is 1. The molecule has 0 aliphatic carbocycles. The van der Waals surface area contributed by atoms with Crippen LogP contribution in [0.2, 0.25) is 0 Å². The van der Waals surface area contributed by atoms with Crippen LogP contribution in [-0.2, 0) is 4.79 Å². The molecule has 0 radical (unpaired) electrons. The van der Waals surface area contributed by atoms with Gasteiger partial charge in [0.1, 0.15) is 6.04 Å². The Kier molecular flexibility index (Phi) is 4.71. The lowest BCUT2D eigenvalue weighted by atomic mass is 10.1. The first kappa shape index (κ1) is 14.8. The lowest BCUT2D eigenvalue weighted by Crippen LogP contribution is -2.40. The van der Waals surface area contributed by atoms with E-state index in [0.29, 0.717) is 18.4 Å².